The number of nitrogens with one attached hydrogen (secondary N) is 1. The summed E-state index contributed by atoms with van der Waals surface area (Å²) < 4.78 is 5.24. The van der Waals surface area contributed by atoms with Crippen LogP contribution >= 0.6 is 0 Å². The molecular formula is C23H20N2O2. The van der Waals surface area contributed by atoms with Gasteiger partial charge in [-0.1, -0.05) is 60.7 Å². The average Bonchev–Trinajstić information content (AvgIpc) is 3.08. The van der Waals surface area contributed by atoms with Crippen molar-refractivity contribution in [3.8, 4) is 17.0 Å². The van der Waals surface area contributed by atoms with E-state index in [1.54, 1.807) is 7.11 Å². The normalized spacial score (nSPS) is 12.0. The maximum absolute atomic E-state index is 12.6. The molecule has 4 nitrogen and oxygen atoms in total. The summed E-state index contributed by atoms with van der Waals surface area (Å²) >= 11 is 0. The Kier molecular flexibility index (Phi) is 4.38. The van der Waals surface area contributed by atoms with Crippen LogP contribution in [-0.2, 0) is 4.79 Å². The molecule has 0 saturated carbocycles. The third kappa shape index (κ3) is 3.06. The van der Waals surface area contributed by atoms with Crippen molar-refractivity contribution >= 4 is 16.8 Å². The van der Waals surface area contributed by atoms with Crippen LogP contribution in [0.1, 0.15) is 17.0 Å². The second-order valence-electron chi connectivity index (χ2n) is 6.43. The van der Waals surface area contributed by atoms with Crippen molar-refractivity contribution in [2.45, 2.75) is 5.92 Å². The highest BCUT2D eigenvalue weighted by Crippen LogP contribution is 2.39. The maximum atomic E-state index is 12.6. The Morgan fingerprint density at radius 1 is 0.926 bits per heavy atom. The molecule has 0 fully saturated rings. The number of primary amides is 1. The first kappa shape index (κ1) is 16.9. The lowest BCUT2D eigenvalue weighted by Gasteiger charge is -2.17. The number of nitrogens with two attached hydrogens (primary N) is 1. The molecule has 0 aliphatic carbocycles. The lowest BCUT2D eigenvalue weighted by Crippen LogP contribution is -2.22. The number of para-hydroxylation sites is 1. The first-order chi connectivity index (χ1) is 13.2. The standard InChI is InChI=1S/C23H20N2O2/c1-27-17-13-11-15(12-14-17)20(23(24)26)21-18-9-5-6-10-19(18)25-22(21)16-7-3-2-4-8-16/h2-14,20,25H,1H3,(H2,24,26). The summed E-state index contributed by atoms with van der Waals surface area (Å²) in [6, 6.07) is 25.5. The van der Waals surface area contributed by atoms with Crippen LogP contribution in [0.3, 0.4) is 0 Å². The van der Waals surface area contributed by atoms with E-state index in [1.807, 2.05) is 78.9 Å². The number of aromatic amines is 1. The van der Waals surface area contributed by atoms with Crippen LogP contribution in [0, 0.1) is 0 Å². The summed E-state index contributed by atoms with van der Waals surface area (Å²) in [4.78, 5) is 16.0. The molecule has 1 atom stereocenters. The van der Waals surface area contributed by atoms with Gasteiger partial charge in [-0.2, -0.15) is 0 Å². The monoisotopic (exact) mass is 356 g/mol. The lowest BCUT2D eigenvalue weighted by atomic mass is 9.87. The fourth-order valence-corrected chi connectivity index (χ4v) is 3.57. The van der Waals surface area contributed by atoms with Crippen LogP contribution in [0.25, 0.3) is 22.2 Å². The molecule has 0 radical (unpaired) electrons. The highest BCUT2D eigenvalue weighted by molar-refractivity contribution is 5.98. The van der Waals surface area contributed by atoms with E-state index in [1.165, 1.54) is 0 Å². The smallest absolute Gasteiger partial charge is 0.229 e. The molecule has 1 aromatic heterocycles. The Balaban J connectivity index is 1.97. The second kappa shape index (κ2) is 7.00. The number of aromatic nitrogens is 1. The Morgan fingerprint density at radius 3 is 2.26 bits per heavy atom. The van der Waals surface area contributed by atoms with Crippen molar-refractivity contribution in [3.05, 3.63) is 90.0 Å². The minimum absolute atomic E-state index is 0.387. The molecule has 3 aromatic carbocycles. The van der Waals surface area contributed by atoms with Crippen LogP contribution in [-0.4, -0.2) is 18.0 Å². The van der Waals surface area contributed by atoms with Gasteiger partial charge in [0, 0.05) is 16.5 Å². The molecule has 0 saturated heterocycles. The molecule has 27 heavy (non-hydrogen) atoms. The van der Waals surface area contributed by atoms with Gasteiger partial charge in [-0.3, -0.25) is 4.79 Å². The molecule has 0 spiro atoms. The Labute approximate surface area is 157 Å². The summed E-state index contributed by atoms with van der Waals surface area (Å²) in [5, 5.41) is 0.996. The predicted octanol–water partition coefficient (Wildman–Crippen LogP) is 4.46. The topological polar surface area (TPSA) is 68.1 Å². The van der Waals surface area contributed by atoms with Gasteiger partial charge in [0.1, 0.15) is 5.75 Å². The largest absolute Gasteiger partial charge is 0.497 e. The first-order valence-corrected chi connectivity index (χ1v) is 8.78. The molecule has 1 heterocycles. The molecule has 0 bridgehead atoms. The van der Waals surface area contributed by atoms with E-state index in [9.17, 15) is 4.79 Å². The third-order valence-corrected chi connectivity index (χ3v) is 4.83. The number of carbonyl (C=O) groups is 1. The summed E-state index contributed by atoms with van der Waals surface area (Å²) in [5.74, 6) is -0.214. The summed E-state index contributed by atoms with van der Waals surface area (Å²) in [6.07, 6.45) is 0. The summed E-state index contributed by atoms with van der Waals surface area (Å²) in [5.41, 5.74) is 10.5. The molecule has 4 rings (SSSR count). The second-order valence-corrected chi connectivity index (χ2v) is 6.43. The first-order valence-electron chi connectivity index (χ1n) is 8.78. The molecular weight excluding hydrogens is 336 g/mol. The van der Waals surface area contributed by atoms with Crippen molar-refractivity contribution in [1.29, 1.82) is 0 Å². The van der Waals surface area contributed by atoms with Gasteiger partial charge in [0.2, 0.25) is 5.91 Å². The number of methoxy groups -OCH3 is 1. The van der Waals surface area contributed by atoms with E-state index in [0.29, 0.717) is 0 Å². The third-order valence-electron chi connectivity index (χ3n) is 4.83. The van der Waals surface area contributed by atoms with Gasteiger partial charge in [0.05, 0.1) is 18.7 Å². The van der Waals surface area contributed by atoms with Gasteiger partial charge in [-0.05, 0) is 29.3 Å². The van der Waals surface area contributed by atoms with E-state index >= 15 is 0 Å². The number of ether oxygens (including phenoxy) is 1. The molecule has 1 amide bonds. The zero-order valence-corrected chi connectivity index (χ0v) is 15.0. The zero-order chi connectivity index (χ0) is 18.8. The molecule has 0 aliphatic heterocycles. The van der Waals surface area contributed by atoms with Crippen molar-refractivity contribution in [1.82, 2.24) is 4.98 Å². The molecule has 134 valence electrons. The highest BCUT2D eigenvalue weighted by Gasteiger charge is 2.27. The molecule has 4 aromatic rings. The quantitative estimate of drug-likeness (QED) is 0.554. The number of H-pyrrole nitrogens is 1. The fourth-order valence-electron chi connectivity index (χ4n) is 3.57. The van der Waals surface area contributed by atoms with Crippen LogP contribution in [0.2, 0.25) is 0 Å². The van der Waals surface area contributed by atoms with Crippen LogP contribution in [0.4, 0.5) is 0 Å². The van der Waals surface area contributed by atoms with E-state index in [2.05, 4.69) is 4.98 Å². The van der Waals surface area contributed by atoms with E-state index in [4.69, 9.17) is 10.5 Å². The van der Waals surface area contributed by atoms with Gasteiger partial charge >= 0.3 is 0 Å². The molecule has 4 heteroatoms. The van der Waals surface area contributed by atoms with E-state index in [-0.39, 0.29) is 5.91 Å². The average molecular weight is 356 g/mol. The van der Waals surface area contributed by atoms with Crippen LogP contribution < -0.4 is 10.5 Å². The molecule has 3 N–H and O–H groups in total. The number of hydrogen-bond acceptors (Lipinski definition) is 2. The summed E-state index contributed by atoms with van der Waals surface area (Å²) in [6.45, 7) is 0. The Bertz CT molecular complexity index is 1080. The van der Waals surface area contributed by atoms with Gasteiger partial charge < -0.3 is 15.5 Å². The lowest BCUT2D eigenvalue weighted by molar-refractivity contribution is -0.118. The van der Waals surface area contributed by atoms with Crippen LogP contribution in [0.5, 0.6) is 5.75 Å². The van der Waals surface area contributed by atoms with Crippen molar-refractivity contribution < 1.29 is 9.53 Å². The minimum atomic E-state index is -0.567. The SMILES string of the molecule is COc1ccc(C(C(N)=O)c2c(-c3ccccc3)[nH]c3ccccc23)cc1. The zero-order valence-electron chi connectivity index (χ0n) is 15.0. The number of rotatable bonds is 5. The number of carbonyl (C=O) groups excluding carboxylic acids is 1. The number of fused-ring (bicyclic) bond motifs is 1. The van der Waals surface area contributed by atoms with Gasteiger partial charge in [-0.15, -0.1) is 0 Å². The van der Waals surface area contributed by atoms with Crippen molar-refractivity contribution in [3.63, 3.8) is 0 Å². The van der Waals surface area contributed by atoms with Crippen molar-refractivity contribution in [2.24, 2.45) is 5.73 Å². The maximum Gasteiger partial charge on any atom is 0.229 e. The minimum Gasteiger partial charge on any atom is -0.497 e. The predicted molar refractivity (Wildman–Crippen MR) is 108 cm³/mol. The number of benzene rings is 3. The fraction of sp³-hybridized carbons (Fsp3) is 0.0870. The van der Waals surface area contributed by atoms with Gasteiger partial charge in [-0.25, -0.2) is 0 Å². The number of hydrogen-bond donors (Lipinski definition) is 2. The Hall–Kier alpha value is -3.53. The van der Waals surface area contributed by atoms with Crippen LogP contribution in [0.15, 0.2) is 78.9 Å². The Morgan fingerprint density at radius 2 is 1.59 bits per heavy atom. The highest BCUT2D eigenvalue weighted by atomic mass is 16.5. The molecule has 1 unspecified atom stereocenters. The number of amides is 1. The van der Waals surface area contributed by atoms with E-state index < -0.39 is 5.92 Å². The molecule has 0 aliphatic rings. The van der Waals surface area contributed by atoms with E-state index in [0.717, 1.165) is 39.0 Å². The van der Waals surface area contributed by atoms with Gasteiger partial charge in [0.15, 0.2) is 0 Å². The summed E-state index contributed by atoms with van der Waals surface area (Å²) in [7, 11) is 1.62. The van der Waals surface area contributed by atoms with Crippen molar-refractivity contribution in [2.75, 3.05) is 7.11 Å². The van der Waals surface area contributed by atoms with Gasteiger partial charge in [0.25, 0.3) is 0 Å².